The average molecular weight is 547 g/mol. The fourth-order valence-electron chi connectivity index (χ4n) is 4.64. The van der Waals surface area contributed by atoms with Gasteiger partial charge in [0.2, 0.25) is 5.76 Å². The van der Waals surface area contributed by atoms with E-state index in [4.69, 9.17) is 18.6 Å². The molecule has 9 nitrogen and oxygen atoms in total. The molecule has 4 aromatic rings. The van der Waals surface area contributed by atoms with Gasteiger partial charge in [-0.2, -0.15) is 0 Å². The number of thiazole rings is 1. The Bertz CT molecular complexity index is 1720. The Morgan fingerprint density at radius 2 is 1.82 bits per heavy atom. The fraction of sp³-hybridized carbons (Fsp3) is 0.241. The van der Waals surface area contributed by atoms with Crippen molar-refractivity contribution in [2.75, 3.05) is 25.7 Å². The van der Waals surface area contributed by atoms with Crippen molar-refractivity contribution in [3.63, 3.8) is 0 Å². The van der Waals surface area contributed by atoms with E-state index in [0.717, 1.165) is 22.5 Å². The highest BCUT2D eigenvalue weighted by molar-refractivity contribution is 7.17. The van der Waals surface area contributed by atoms with Crippen molar-refractivity contribution in [3.8, 4) is 11.5 Å². The van der Waals surface area contributed by atoms with Gasteiger partial charge < -0.3 is 18.6 Å². The van der Waals surface area contributed by atoms with Gasteiger partial charge in [-0.3, -0.25) is 14.5 Å². The molecular formula is C29H26N2O7S. The van der Waals surface area contributed by atoms with Crippen LogP contribution in [-0.4, -0.2) is 37.7 Å². The van der Waals surface area contributed by atoms with Gasteiger partial charge in [0.05, 0.1) is 36.9 Å². The third kappa shape index (κ3) is 4.26. The first kappa shape index (κ1) is 26.2. The number of anilines is 1. The lowest BCUT2D eigenvalue weighted by Crippen LogP contribution is -2.29. The van der Waals surface area contributed by atoms with Gasteiger partial charge in [0.25, 0.3) is 5.91 Å². The van der Waals surface area contributed by atoms with Crippen LogP contribution in [0.3, 0.4) is 0 Å². The Kier molecular flexibility index (Phi) is 6.73. The smallest absolute Gasteiger partial charge is 0.350 e. The molecule has 0 fully saturated rings. The summed E-state index contributed by atoms with van der Waals surface area (Å²) in [4.78, 5) is 46.7. The van der Waals surface area contributed by atoms with E-state index in [0.29, 0.717) is 33.7 Å². The quantitative estimate of drug-likeness (QED) is 0.227. The molecule has 5 rings (SSSR count). The first-order valence-electron chi connectivity index (χ1n) is 12.1. The molecule has 0 aliphatic carbocycles. The maximum atomic E-state index is 14.0. The van der Waals surface area contributed by atoms with Crippen molar-refractivity contribution in [2.45, 2.75) is 26.8 Å². The van der Waals surface area contributed by atoms with E-state index in [9.17, 15) is 14.4 Å². The van der Waals surface area contributed by atoms with Crippen molar-refractivity contribution in [2.24, 2.45) is 0 Å². The van der Waals surface area contributed by atoms with Crippen LogP contribution in [-0.2, 0) is 4.74 Å². The number of aryl methyl sites for hydroxylation is 3. The normalized spacial score (nSPS) is 14.4. The van der Waals surface area contributed by atoms with Gasteiger partial charge in [-0.15, -0.1) is 0 Å². The van der Waals surface area contributed by atoms with Crippen molar-refractivity contribution < 1.29 is 28.2 Å². The van der Waals surface area contributed by atoms with E-state index in [1.807, 2.05) is 13.8 Å². The molecule has 0 N–H and O–H groups in total. The van der Waals surface area contributed by atoms with Gasteiger partial charge in [-0.25, -0.2) is 9.78 Å². The van der Waals surface area contributed by atoms with Gasteiger partial charge in [0.15, 0.2) is 22.1 Å². The molecule has 0 radical (unpaired) electrons. The summed E-state index contributed by atoms with van der Waals surface area (Å²) >= 11 is 1.01. The Morgan fingerprint density at radius 1 is 1.10 bits per heavy atom. The Balaban J connectivity index is 1.75. The molecule has 0 saturated carbocycles. The predicted octanol–water partition coefficient (Wildman–Crippen LogP) is 5.28. The lowest BCUT2D eigenvalue weighted by molar-refractivity contribution is 0.0554. The number of amides is 1. The summed E-state index contributed by atoms with van der Waals surface area (Å²) in [6, 6.07) is 7.81. The molecule has 0 saturated heterocycles. The predicted molar refractivity (Wildman–Crippen MR) is 147 cm³/mol. The van der Waals surface area contributed by atoms with Crippen LogP contribution in [0.4, 0.5) is 5.13 Å². The van der Waals surface area contributed by atoms with Crippen LogP contribution in [0.25, 0.3) is 11.0 Å². The van der Waals surface area contributed by atoms with Crippen molar-refractivity contribution in [3.05, 3.63) is 91.8 Å². The number of hydrogen-bond acceptors (Lipinski definition) is 9. The second-order valence-corrected chi connectivity index (χ2v) is 10.1. The number of benzene rings is 2. The average Bonchev–Trinajstić information content (AvgIpc) is 3.45. The fourth-order valence-corrected chi connectivity index (χ4v) is 5.63. The minimum absolute atomic E-state index is 0.0394. The molecule has 2 aromatic carbocycles. The summed E-state index contributed by atoms with van der Waals surface area (Å²) in [5.74, 6) is -0.266. The van der Waals surface area contributed by atoms with Crippen LogP contribution < -0.4 is 19.8 Å². The number of hydrogen-bond donors (Lipinski definition) is 0. The van der Waals surface area contributed by atoms with E-state index in [1.54, 1.807) is 37.3 Å². The number of esters is 1. The zero-order valence-electron chi connectivity index (χ0n) is 22.1. The standard InChI is InChI=1S/C29H26N2O7S/c1-7-10-37-28(34)26-16(4)30-29(39-26)31-23(17-8-9-19(35-5)21(13-17)36-6)22-24(32)18-11-14(2)15(3)12-20(18)38-25(22)27(31)33/h7-9,11-13,23H,1,10H2,2-6H3. The summed E-state index contributed by atoms with van der Waals surface area (Å²) in [6.45, 7) is 9.08. The van der Waals surface area contributed by atoms with Gasteiger partial charge in [-0.1, -0.05) is 30.1 Å². The highest BCUT2D eigenvalue weighted by Gasteiger charge is 2.45. The number of carbonyl (C=O) groups excluding carboxylic acids is 2. The number of fused-ring (bicyclic) bond motifs is 2. The summed E-state index contributed by atoms with van der Waals surface area (Å²) in [5.41, 5.74) is 3.04. The molecule has 10 heteroatoms. The molecule has 0 bridgehead atoms. The van der Waals surface area contributed by atoms with Crippen LogP contribution in [0, 0.1) is 20.8 Å². The lowest BCUT2D eigenvalue weighted by Gasteiger charge is -2.23. The number of ether oxygens (including phenoxy) is 3. The Labute approximate surface area is 228 Å². The number of carbonyl (C=O) groups is 2. The Hall–Kier alpha value is -4.44. The monoisotopic (exact) mass is 546 g/mol. The minimum atomic E-state index is -0.892. The first-order valence-corrected chi connectivity index (χ1v) is 12.9. The van der Waals surface area contributed by atoms with E-state index in [1.165, 1.54) is 25.2 Å². The largest absolute Gasteiger partial charge is 0.493 e. The molecule has 1 atom stereocenters. The SMILES string of the molecule is C=CCOC(=O)c1sc(N2C(=O)c3oc4cc(C)c(C)cc4c(=O)c3C2c2ccc(OC)c(OC)c2)nc1C. The van der Waals surface area contributed by atoms with Gasteiger partial charge >= 0.3 is 5.97 Å². The summed E-state index contributed by atoms with van der Waals surface area (Å²) in [6.07, 6.45) is 1.47. The van der Waals surface area contributed by atoms with E-state index >= 15 is 0 Å². The molecule has 1 amide bonds. The Morgan fingerprint density at radius 3 is 2.51 bits per heavy atom. The molecule has 1 aliphatic rings. The molecule has 39 heavy (non-hydrogen) atoms. The molecule has 2 aromatic heterocycles. The van der Waals surface area contributed by atoms with E-state index in [2.05, 4.69) is 11.6 Å². The number of nitrogens with zero attached hydrogens (tertiary/aromatic N) is 2. The van der Waals surface area contributed by atoms with Gasteiger partial charge in [0, 0.05) is 0 Å². The second kappa shape index (κ2) is 10.0. The zero-order chi connectivity index (χ0) is 28.0. The molecule has 3 heterocycles. The van der Waals surface area contributed by atoms with Crippen LogP contribution in [0.15, 0.2) is 52.2 Å². The summed E-state index contributed by atoms with van der Waals surface area (Å²) < 4.78 is 22.2. The van der Waals surface area contributed by atoms with Gasteiger partial charge in [0.1, 0.15) is 17.1 Å². The van der Waals surface area contributed by atoms with Crippen LogP contribution >= 0.6 is 11.3 Å². The summed E-state index contributed by atoms with van der Waals surface area (Å²) in [5, 5.41) is 0.603. The molecular weight excluding hydrogens is 520 g/mol. The van der Waals surface area contributed by atoms with Crippen molar-refractivity contribution >= 4 is 39.3 Å². The molecule has 200 valence electrons. The minimum Gasteiger partial charge on any atom is -0.493 e. The van der Waals surface area contributed by atoms with Crippen LogP contribution in [0.5, 0.6) is 11.5 Å². The number of aromatic nitrogens is 1. The zero-order valence-corrected chi connectivity index (χ0v) is 22.9. The topological polar surface area (TPSA) is 108 Å². The molecule has 1 aliphatic heterocycles. The third-order valence-electron chi connectivity index (χ3n) is 6.72. The highest BCUT2D eigenvalue weighted by atomic mass is 32.1. The second-order valence-electron chi connectivity index (χ2n) is 9.10. The maximum Gasteiger partial charge on any atom is 0.350 e. The highest BCUT2D eigenvalue weighted by Crippen LogP contribution is 2.45. The maximum absolute atomic E-state index is 14.0. The van der Waals surface area contributed by atoms with Crippen molar-refractivity contribution in [1.82, 2.24) is 4.98 Å². The van der Waals surface area contributed by atoms with Crippen LogP contribution in [0.2, 0.25) is 0 Å². The third-order valence-corrected chi connectivity index (χ3v) is 7.86. The molecule has 0 spiro atoms. The summed E-state index contributed by atoms with van der Waals surface area (Å²) in [7, 11) is 3.03. The van der Waals surface area contributed by atoms with E-state index < -0.39 is 17.9 Å². The number of methoxy groups -OCH3 is 2. The van der Waals surface area contributed by atoms with Crippen molar-refractivity contribution in [1.29, 1.82) is 0 Å². The lowest BCUT2D eigenvalue weighted by atomic mass is 9.97. The van der Waals surface area contributed by atoms with Gasteiger partial charge in [-0.05, 0) is 61.7 Å². The molecule has 1 unspecified atom stereocenters. The first-order chi connectivity index (χ1) is 18.7. The number of rotatable bonds is 7. The van der Waals surface area contributed by atoms with E-state index in [-0.39, 0.29) is 33.4 Å². The van der Waals surface area contributed by atoms with Crippen LogP contribution in [0.1, 0.15) is 54.2 Å².